The van der Waals surface area contributed by atoms with Crippen molar-refractivity contribution in [3.63, 3.8) is 0 Å². The van der Waals surface area contributed by atoms with E-state index in [1.54, 1.807) is 30.5 Å². The van der Waals surface area contributed by atoms with E-state index in [-0.39, 0.29) is 11.9 Å². The van der Waals surface area contributed by atoms with Crippen LogP contribution >= 0.6 is 0 Å². The summed E-state index contributed by atoms with van der Waals surface area (Å²) in [6.07, 6.45) is 4.10. The van der Waals surface area contributed by atoms with E-state index < -0.39 is 0 Å². The fourth-order valence-corrected chi connectivity index (χ4v) is 3.14. The summed E-state index contributed by atoms with van der Waals surface area (Å²) >= 11 is 0. The van der Waals surface area contributed by atoms with Crippen LogP contribution in [0.3, 0.4) is 0 Å². The molecule has 2 heterocycles. The molecule has 23 heavy (non-hydrogen) atoms. The van der Waals surface area contributed by atoms with Gasteiger partial charge in [-0.15, -0.1) is 0 Å². The number of rotatable bonds is 5. The Morgan fingerprint density at radius 2 is 2.13 bits per heavy atom. The van der Waals surface area contributed by atoms with Crippen molar-refractivity contribution in [3.8, 4) is 6.07 Å². The maximum atomic E-state index is 12.3. The van der Waals surface area contributed by atoms with Gasteiger partial charge in [0.05, 0.1) is 37.5 Å². The third-order valence-corrected chi connectivity index (χ3v) is 4.35. The maximum absolute atomic E-state index is 12.3. The van der Waals surface area contributed by atoms with E-state index in [1.807, 2.05) is 12.1 Å². The standard InChI is InChI=1S/C18H19N3O2/c19-12-14-5-3-6-15(11-14)18(22)20-13-16(17-7-4-10-23-17)21-8-1-2-9-21/h3-7,10-11,16H,1-2,8-9,13H2,(H,20,22)/p+1/t16-/m1/s1. The van der Waals surface area contributed by atoms with Crippen molar-refractivity contribution in [2.45, 2.75) is 18.9 Å². The van der Waals surface area contributed by atoms with E-state index in [4.69, 9.17) is 9.68 Å². The van der Waals surface area contributed by atoms with Crippen molar-refractivity contribution < 1.29 is 14.1 Å². The Morgan fingerprint density at radius 1 is 1.30 bits per heavy atom. The van der Waals surface area contributed by atoms with Gasteiger partial charge in [-0.2, -0.15) is 5.26 Å². The number of quaternary nitrogens is 1. The second-order valence-electron chi connectivity index (χ2n) is 5.84. The average molecular weight is 310 g/mol. The van der Waals surface area contributed by atoms with E-state index in [1.165, 1.54) is 17.7 Å². The van der Waals surface area contributed by atoms with Crippen LogP contribution in [0.15, 0.2) is 47.1 Å². The molecule has 3 rings (SSSR count). The Kier molecular flexibility index (Phi) is 4.74. The molecular weight excluding hydrogens is 290 g/mol. The highest BCUT2D eigenvalue weighted by Gasteiger charge is 2.29. The first-order valence-corrected chi connectivity index (χ1v) is 7.94. The van der Waals surface area contributed by atoms with Gasteiger partial charge in [0.15, 0.2) is 11.8 Å². The molecule has 0 radical (unpaired) electrons. The normalized spacial score (nSPS) is 16.0. The summed E-state index contributed by atoms with van der Waals surface area (Å²) in [5, 5.41) is 11.9. The van der Waals surface area contributed by atoms with Gasteiger partial charge >= 0.3 is 0 Å². The van der Waals surface area contributed by atoms with Crippen molar-refractivity contribution >= 4 is 5.91 Å². The van der Waals surface area contributed by atoms with Crippen LogP contribution in [0.4, 0.5) is 0 Å². The zero-order valence-corrected chi connectivity index (χ0v) is 12.9. The fourth-order valence-electron chi connectivity index (χ4n) is 3.14. The molecule has 5 heteroatoms. The molecule has 1 fully saturated rings. The summed E-state index contributed by atoms with van der Waals surface area (Å²) in [6.45, 7) is 2.73. The first kappa shape index (κ1) is 15.3. The molecule has 0 saturated carbocycles. The van der Waals surface area contributed by atoms with E-state index in [0.717, 1.165) is 18.8 Å². The van der Waals surface area contributed by atoms with E-state index in [2.05, 4.69) is 11.4 Å². The number of benzene rings is 1. The Bertz CT molecular complexity index is 697. The third-order valence-electron chi connectivity index (χ3n) is 4.35. The SMILES string of the molecule is N#Cc1cccc(C(=O)NC[C@H](c2ccco2)[NH+]2CCCC2)c1. The predicted molar refractivity (Wildman–Crippen MR) is 84.9 cm³/mol. The molecular formula is C18H20N3O2+. The summed E-state index contributed by atoms with van der Waals surface area (Å²) in [4.78, 5) is 13.8. The molecule has 5 nitrogen and oxygen atoms in total. The number of nitrogens with one attached hydrogen (secondary N) is 2. The Labute approximate surface area is 135 Å². The van der Waals surface area contributed by atoms with Crippen molar-refractivity contribution in [1.29, 1.82) is 5.26 Å². The minimum absolute atomic E-state index is 0.135. The molecule has 1 amide bonds. The van der Waals surface area contributed by atoms with Gasteiger partial charge in [-0.25, -0.2) is 0 Å². The second kappa shape index (κ2) is 7.12. The molecule has 0 aliphatic carbocycles. The Morgan fingerprint density at radius 3 is 2.83 bits per heavy atom. The number of furan rings is 1. The number of carbonyl (C=O) groups excluding carboxylic acids is 1. The lowest BCUT2D eigenvalue weighted by Gasteiger charge is -2.23. The van der Waals surface area contributed by atoms with E-state index >= 15 is 0 Å². The Balaban J connectivity index is 1.68. The largest absolute Gasteiger partial charge is 0.463 e. The van der Waals surface area contributed by atoms with Gasteiger partial charge in [-0.3, -0.25) is 4.79 Å². The van der Waals surface area contributed by atoms with Crippen LogP contribution in [0.5, 0.6) is 0 Å². The monoisotopic (exact) mass is 310 g/mol. The molecule has 1 aliphatic heterocycles. The highest BCUT2D eigenvalue weighted by atomic mass is 16.3. The first-order valence-electron chi connectivity index (χ1n) is 7.94. The molecule has 0 spiro atoms. The summed E-state index contributed by atoms with van der Waals surface area (Å²) in [6, 6.07) is 12.8. The lowest BCUT2D eigenvalue weighted by atomic mass is 10.1. The van der Waals surface area contributed by atoms with Crippen LogP contribution < -0.4 is 10.2 Å². The topological polar surface area (TPSA) is 70.5 Å². The molecule has 118 valence electrons. The minimum Gasteiger partial charge on any atom is -0.463 e. The maximum Gasteiger partial charge on any atom is 0.251 e. The molecule has 2 aromatic rings. The fraction of sp³-hybridized carbons (Fsp3) is 0.333. The summed E-state index contributed by atoms with van der Waals surface area (Å²) in [5.41, 5.74) is 1.00. The van der Waals surface area contributed by atoms with Crippen LogP contribution in [0.25, 0.3) is 0 Å². The number of hydrogen-bond donors (Lipinski definition) is 2. The highest BCUT2D eigenvalue weighted by molar-refractivity contribution is 5.94. The van der Waals surface area contributed by atoms with Crippen molar-refractivity contribution in [2.75, 3.05) is 19.6 Å². The van der Waals surface area contributed by atoms with Crippen LogP contribution in [0, 0.1) is 11.3 Å². The van der Waals surface area contributed by atoms with Gasteiger partial charge in [-0.1, -0.05) is 6.07 Å². The Hall–Kier alpha value is -2.58. The lowest BCUT2D eigenvalue weighted by Crippen LogP contribution is -3.11. The van der Waals surface area contributed by atoms with Crippen LogP contribution in [0.2, 0.25) is 0 Å². The zero-order chi connectivity index (χ0) is 16.1. The van der Waals surface area contributed by atoms with Gasteiger partial charge in [0.2, 0.25) is 0 Å². The molecule has 0 unspecified atom stereocenters. The van der Waals surface area contributed by atoms with Gasteiger partial charge in [0.25, 0.3) is 5.91 Å². The van der Waals surface area contributed by atoms with Crippen LogP contribution in [-0.4, -0.2) is 25.5 Å². The summed E-state index contributed by atoms with van der Waals surface area (Å²) < 4.78 is 5.57. The molecule has 0 bridgehead atoms. The predicted octanol–water partition coefficient (Wildman–Crippen LogP) is 1.30. The second-order valence-corrected chi connectivity index (χ2v) is 5.84. The van der Waals surface area contributed by atoms with E-state index in [9.17, 15) is 4.79 Å². The van der Waals surface area contributed by atoms with Gasteiger partial charge in [0, 0.05) is 18.4 Å². The lowest BCUT2D eigenvalue weighted by molar-refractivity contribution is -0.919. The van der Waals surface area contributed by atoms with Gasteiger partial charge in [0.1, 0.15) is 0 Å². The minimum atomic E-state index is -0.155. The molecule has 1 atom stereocenters. The average Bonchev–Trinajstić information content (AvgIpc) is 3.29. The highest BCUT2D eigenvalue weighted by Crippen LogP contribution is 2.12. The number of hydrogen-bond acceptors (Lipinski definition) is 3. The van der Waals surface area contributed by atoms with E-state index in [0.29, 0.717) is 17.7 Å². The molecule has 1 saturated heterocycles. The van der Waals surface area contributed by atoms with Gasteiger partial charge < -0.3 is 14.6 Å². The smallest absolute Gasteiger partial charge is 0.251 e. The van der Waals surface area contributed by atoms with Crippen molar-refractivity contribution in [3.05, 3.63) is 59.5 Å². The van der Waals surface area contributed by atoms with Gasteiger partial charge in [-0.05, 0) is 30.3 Å². The molecule has 1 aromatic carbocycles. The molecule has 1 aliphatic rings. The third kappa shape index (κ3) is 3.61. The quantitative estimate of drug-likeness (QED) is 0.874. The van der Waals surface area contributed by atoms with Crippen molar-refractivity contribution in [1.82, 2.24) is 5.32 Å². The first-order chi connectivity index (χ1) is 11.3. The zero-order valence-electron chi connectivity index (χ0n) is 12.9. The number of nitrogens with zero attached hydrogens (tertiary/aromatic N) is 1. The van der Waals surface area contributed by atoms with Crippen LogP contribution in [-0.2, 0) is 0 Å². The number of likely N-dealkylation sites (tertiary alicyclic amines) is 1. The molecule has 1 aromatic heterocycles. The summed E-state index contributed by atoms with van der Waals surface area (Å²) in [5.74, 6) is 0.755. The van der Waals surface area contributed by atoms with Crippen molar-refractivity contribution in [2.24, 2.45) is 0 Å². The number of nitriles is 1. The van der Waals surface area contributed by atoms with Crippen LogP contribution in [0.1, 0.15) is 40.6 Å². The number of carbonyl (C=O) groups is 1. The summed E-state index contributed by atoms with van der Waals surface area (Å²) in [7, 11) is 0. The molecule has 2 N–H and O–H groups in total. The number of amides is 1.